The number of aromatic amines is 1. The molecule has 0 radical (unpaired) electrons. The van der Waals surface area contributed by atoms with Gasteiger partial charge in [-0.3, -0.25) is 14.3 Å². The van der Waals surface area contributed by atoms with Crippen LogP contribution in [0, 0.1) is 6.92 Å². The zero-order valence-corrected chi connectivity index (χ0v) is 33.5. The molecule has 7 aromatic rings. The van der Waals surface area contributed by atoms with Crippen molar-refractivity contribution >= 4 is 0 Å². The van der Waals surface area contributed by atoms with E-state index in [1.54, 1.807) is 21.1 Å². The number of aliphatic hydroxyl groups is 1. The molecule has 0 saturated carbocycles. The summed E-state index contributed by atoms with van der Waals surface area (Å²) in [5, 5.41) is 12.6. The Morgan fingerprint density at radius 3 is 1.43 bits per heavy atom. The van der Waals surface area contributed by atoms with Crippen LogP contribution in [0.25, 0.3) is 0 Å². The van der Waals surface area contributed by atoms with E-state index in [1.807, 2.05) is 170 Å². The monoisotopic (exact) mass is 802 g/mol. The van der Waals surface area contributed by atoms with Gasteiger partial charge in [-0.1, -0.05) is 146 Å². The van der Waals surface area contributed by atoms with Crippen LogP contribution in [0.15, 0.2) is 186 Å². The fraction of sp³-hybridized carbons (Fsp3) is 0.200. The lowest BCUT2D eigenvalue weighted by molar-refractivity contribution is -0.131. The first-order valence-electron chi connectivity index (χ1n) is 19.8. The van der Waals surface area contributed by atoms with Crippen LogP contribution in [-0.4, -0.2) is 53.8 Å². The number of aromatic nitrogens is 2. The fourth-order valence-corrected chi connectivity index (χ4v) is 8.21. The van der Waals surface area contributed by atoms with Crippen molar-refractivity contribution in [2.24, 2.45) is 0 Å². The molecule has 304 valence electrons. The molecule has 1 saturated heterocycles. The minimum Gasteiger partial charge on any atom is -0.497 e. The average molecular weight is 803 g/mol. The summed E-state index contributed by atoms with van der Waals surface area (Å²) in [5.74, 6) is 1.35. The molecular weight excluding hydrogens is 757 g/mol. The molecule has 4 atom stereocenters. The lowest BCUT2D eigenvalue weighted by Crippen LogP contribution is -2.47. The third-order valence-electron chi connectivity index (χ3n) is 11.2. The summed E-state index contributed by atoms with van der Waals surface area (Å²) in [6, 6.07) is 54.8. The predicted molar refractivity (Wildman–Crippen MR) is 228 cm³/mol. The molecule has 0 aliphatic carbocycles. The van der Waals surface area contributed by atoms with E-state index in [-0.39, 0.29) is 12.2 Å². The average Bonchev–Trinajstić information content (AvgIpc) is 3.61. The van der Waals surface area contributed by atoms with Crippen molar-refractivity contribution in [3.8, 4) is 11.5 Å². The number of nitrogens with one attached hydrogen (secondary N) is 1. The van der Waals surface area contributed by atoms with Gasteiger partial charge in [-0.2, -0.15) is 0 Å². The molecule has 10 nitrogen and oxygen atoms in total. The number of benzene rings is 6. The van der Waals surface area contributed by atoms with Gasteiger partial charge in [0.05, 0.1) is 20.8 Å². The van der Waals surface area contributed by atoms with Crippen LogP contribution in [-0.2, 0) is 25.4 Å². The molecular formula is C50H46N2O8. The number of hydrogen-bond donors (Lipinski definition) is 2. The molecule has 0 spiro atoms. The van der Waals surface area contributed by atoms with Gasteiger partial charge in [-0.15, -0.1) is 0 Å². The van der Waals surface area contributed by atoms with Gasteiger partial charge < -0.3 is 28.8 Å². The highest BCUT2D eigenvalue weighted by atomic mass is 16.6. The highest BCUT2D eigenvalue weighted by Crippen LogP contribution is 2.47. The summed E-state index contributed by atoms with van der Waals surface area (Å²) in [6.45, 7) is 1.47. The van der Waals surface area contributed by atoms with Crippen LogP contribution >= 0.6 is 0 Å². The Morgan fingerprint density at radius 1 is 0.600 bits per heavy atom. The topological polar surface area (TPSA) is 121 Å². The number of methoxy groups -OCH3 is 2. The smallest absolute Gasteiger partial charge is 0.330 e. The number of aryl methyl sites for hydroxylation is 1. The molecule has 1 aliphatic rings. The molecule has 1 aliphatic heterocycles. The van der Waals surface area contributed by atoms with Crippen LogP contribution < -0.4 is 20.7 Å². The summed E-state index contributed by atoms with van der Waals surface area (Å²) in [4.78, 5) is 28.4. The van der Waals surface area contributed by atoms with E-state index in [1.165, 1.54) is 10.8 Å². The maximum atomic E-state index is 13.5. The van der Waals surface area contributed by atoms with Gasteiger partial charge in [0.15, 0.2) is 6.23 Å². The van der Waals surface area contributed by atoms with Gasteiger partial charge in [0.25, 0.3) is 5.56 Å². The molecule has 0 bridgehead atoms. The van der Waals surface area contributed by atoms with E-state index < -0.39 is 47.0 Å². The predicted octanol–water partition coefficient (Wildman–Crippen LogP) is 7.51. The van der Waals surface area contributed by atoms with Gasteiger partial charge in [0, 0.05) is 11.8 Å². The van der Waals surface area contributed by atoms with Crippen molar-refractivity contribution in [2.75, 3.05) is 20.8 Å². The van der Waals surface area contributed by atoms with Crippen molar-refractivity contribution in [2.45, 2.75) is 42.7 Å². The molecule has 8 rings (SSSR count). The van der Waals surface area contributed by atoms with Crippen molar-refractivity contribution in [3.05, 3.63) is 236 Å². The van der Waals surface area contributed by atoms with Gasteiger partial charge in [-0.25, -0.2) is 4.79 Å². The quantitative estimate of drug-likeness (QED) is 0.109. The van der Waals surface area contributed by atoms with Crippen molar-refractivity contribution in [1.82, 2.24) is 9.55 Å². The van der Waals surface area contributed by atoms with Crippen LogP contribution in [0.1, 0.15) is 45.2 Å². The Hall–Kier alpha value is -6.56. The normalized spacial score (nSPS) is 17.9. The van der Waals surface area contributed by atoms with E-state index in [2.05, 4.69) is 4.98 Å². The number of hydrogen-bond acceptors (Lipinski definition) is 8. The minimum absolute atomic E-state index is 0.118. The number of rotatable bonds is 14. The maximum absolute atomic E-state index is 13.5. The Labute approximate surface area is 348 Å². The SMILES string of the molecule is COc1ccc(C(OC[C@H]2O[C@@H](n3cc(C)c(=O)[nH]c3=O)[C@H](O)[C@@H]2OC(c2ccccc2)(c2ccccc2)c2ccc(OC)cc2)(c2ccccc2)c2ccccc2)cc1. The van der Waals surface area contributed by atoms with Gasteiger partial charge in [0.1, 0.15) is 41.0 Å². The summed E-state index contributed by atoms with van der Waals surface area (Å²) in [5.41, 5.74) is 1.35. The van der Waals surface area contributed by atoms with Gasteiger partial charge in [-0.05, 0) is 64.6 Å². The van der Waals surface area contributed by atoms with Crippen LogP contribution in [0.3, 0.4) is 0 Å². The lowest BCUT2D eigenvalue weighted by atomic mass is 9.79. The Morgan fingerprint density at radius 2 is 1.00 bits per heavy atom. The first-order valence-corrected chi connectivity index (χ1v) is 19.8. The number of nitrogens with zero attached hydrogens (tertiary/aromatic N) is 1. The summed E-state index contributed by atoms with van der Waals surface area (Å²) < 4.78 is 33.9. The number of aliphatic hydroxyl groups excluding tert-OH is 1. The van der Waals surface area contributed by atoms with Crippen molar-refractivity contribution in [1.29, 1.82) is 0 Å². The summed E-state index contributed by atoms with van der Waals surface area (Å²) in [7, 11) is 3.24. The molecule has 0 amide bonds. The second kappa shape index (κ2) is 17.3. The van der Waals surface area contributed by atoms with E-state index in [0.717, 1.165) is 33.4 Å². The maximum Gasteiger partial charge on any atom is 0.330 e. The van der Waals surface area contributed by atoms with E-state index >= 15 is 0 Å². The molecule has 1 fully saturated rings. The fourth-order valence-electron chi connectivity index (χ4n) is 8.21. The van der Waals surface area contributed by atoms with Gasteiger partial charge in [0.2, 0.25) is 0 Å². The second-order valence-corrected chi connectivity index (χ2v) is 14.7. The molecule has 6 aromatic carbocycles. The summed E-state index contributed by atoms with van der Waals surface area (Å²) >= 11 is 0. The number of H-pyrrole nitrogens is 1. The van der Waals surface area contributed by atoms with Crippen molar-refractivity contribution in [3.63, 3.8) is 0 Å². The molecule has 60 heavy (non-hydrogen) atoms. The third-order valence-corrected chi connectivity index (χ3v) is 11.2. The molecule has 10 heteroatoms. The molecule has 2 N–H and O–H groups in total. The van der Waals surface area contributed by atoms with Crippen molar-refractivity contribution < 1.29 is 28.8 Å². The van der Waals surface area contributed by atoms with Crippen LogP contribution in [0.4, 0.5) is 0 Å². The van der Waals surface area contributed by atoms with E-state index in [0.29, 0.717) is 11.5 Å². The zero-order chi connectivity index (χ0) is 41.7. The first-order chi connectivity index (χ1) is 29.3. The second-order valence-electron chi connectivity index (χ2n) is 14.7. The van der Waals surface area contributed by atoms with Crippen LogP contribution in [0.2, 0.25) is 0 Å². The van der Waals surface area contributed by atoms with Gasteiger partial charge >= 0.3 is 5.69 Å². The third kappa shape index (κ3) is 7.46. The van der Waals surface area contributed by atoms with Crippen LogP contribution in [0.5, 0.6) is 11.5 Å². The zero-order valence-electron chi connectivity index (χ0n) is 33.5. The molecule has 1 aromatic heterocycles. The first kappa shape index (κ1) is 40.2. The largest absolute Gasteiger partial charge is 0.497 e. The lowest BCUT2D eigenvalue weighted by Gasteiger charge is -2.41. The highest BCUT2D eigenvalue weighted by molar-refractivity contribution is 5.50. The minimum atomic E-state index is -1.43. The molecule has 2 heterocycles. The Kier molecular flexibility index (Phi) is 11.6. The summed E-state index contributed by atoms with van der Waals surface area (Å²) in [6.07, 6.45) is -3.42. The van der Waals surface area contributed by atoms with E-state index in [9.17, 15) is 14.7 Å². The Bertz CT molecular complexity index is 2520. The molecule has 0 unspecified atom stereocenters. The Balaban J connectivity index is 1.31. The standard InChI is InChI=1S/C50H46N2O8/c1-34-32-52(48(55)51-46(34)54)47-44(53)45(60-50(37-20-12-6-13-21-37,38-22-14-7-15-23-38)40-26-30-42(57-3)31-27-40)43(59-47)33-58-49(35-16-8-4-9-17-35,36-18-10-5-11-19-36)39-24-28-41(56-2)29-25-39/h4-32,43-45,47,53H,33H2,1-3H3,(H,51,54,55)/t43-,44-,45-,47-/m1/s1. The highest BCUT2D eigenvalue weighted by Gasteiger charge is 2.52. The van der Waals surface area contributed by atoms with E-state index in [4.69, 9.17) is 23.7 Å². The number of ether oxygens (including phenoxy) is 5.